The minimum absolute atomic E-state index is 0.272. The van der Waals surface area contributed by atoms with Gasteiger partial charge in [-0.25, -0.2) is 19.3 Å². The predicted molar refractivity (Wildman–Crippen MR) is 108 cm³/mol. The zero-order chi connectivity index (χ0) is 19.5. The van der Waals surface area contributed by atoms with Crippen molar-refractivity contribution in [3.63, 3.8) is 0 Å². The lowest BCUT2D eigenvalue weighted by molar-refractivity contribution is 0.444. The third kappa shape index (κ3) is 3.98. The number of anilines is 2. The Labute approximate surface area is 164 Å². The molecule has 1 N–H and O–H groups in total. The molecular weight excluding hydrogens is 355 g/mol. The first-order chi connectivity index (χ1) is 13.6. The van der Waals surface area contributed by atoms with Crippen molar-refractivity contribution in [2.24, 2.45) is 5.92 Å². The zero-order valence-electron chi connectivity index (χ0n) is 16.3. The fraction of sp³-hybridized carbons (Fsp3) is 0.381. The maximum atomic E-state index is 14.6. The Hall–Kier alpha value is -2.96. The molecular formula is C21H25FN6. The van der Waals surface area contributed by atoms with E-state index in [-0.39, 0.29) is 5.82 Å². The summed E-state index contributed by atoms with van der Waals surface area (Å²) in [4.78, 5) is 15.2. The van der Waals surface area contributed by atoms with Gasteiger partial charge >= 0.3 is 0 Å². The Balaban J connectivity index is 1.44. The summed E-state index contributed by atoms with van der Waals surface area (Å²) >= 11 is 0. The summed E-state index contributed by atoms with van der Waals surface area (Å²) in [6.45, 7) is 6.67. The zero-order valence-corrected chi connectivity index (χ0v) is 16.3. The highest BCUT2D eigenvalue weighted by Crippen LogP contribution is 2.23. The SMILES string of the molecule is Cc1nccn1-c1ccc(CNc2cc(N3CCCC(C)C3)ncn2)cc1F. The fourth-order valence-corrected chi connectivity index (χ4v) is 3.70. The molecule has 0 aliphatic carbocycles. The topological polar surface area (TPSA) is 58.9 Å². The third-order valence-electron chi connectivity index (χ3n) is 5.20. The van der Waals surface area contributed by atoms with Gasteiger partial charge in [0, 0.05) is 38.1 Å². The number of nitrogens with one attached hydrogen (secondary N) is 1. The van der Waals surface area contributed by atoms with E-state index in [1.165, 1.54) is 12.8 Å². The molecule has 3 heterocycles. The maximum absolute atomic E-state index is 14.6. The Morgan fingerprint density at radius 1 is 1.21 bits per heavy atom. The summed E-state index contributed by atoms with van der Waals surface area (Å²) in [5, 5.41) is 3.28. The average Bonchev–Trinajstić information content (AvgIpc) is 3.12. The van der Waals surface area contributed by atoms with Crippen LogP contribution in [0.15, 0.2) is 43.0 Å². The molecule has 0 spiro atoms. The Bertz CT molecular complexity index is 954. The van der Waals surface area contributed by atoms with Crippen LogP contribution in [0.2, 0.25) is 0 Å². The first-order valence-electron chi connectivity index (χ1n) is 9.70. The smallest absolute Gasteiger partial charge is 0.147 e. The van der Waals surface area contributed by atoms with E-state index in [2.05, 4.69) is 32.1 Å². The normalized spacial score (nSPS) is 17.0. The summed E-state index contributed by atoms with van der Waals surface area (Å²) < 4.78 is 16.3. The van der Waals surface area contributed by atoms with Crippen LogP contribution in [-0.4, -0.2) is 32.6 Å². The van der Waals surface area contributed by atoms with Crippen LogP contribution in [0, 0.1) is 18.7 Å². The molecule has 7 heteroatoms. The van der Waals surface area contributed by atoms with Gasteiger partial charge in [0.25, 0.3) is 0 Å². The lowest BCUT2D eigenvalue weighted by Gasteiger charge is -2.31. The van der Waals surface area contributed by atoms with E-state index in [9.17, 15) is 4.39 Å². The number of halogens is 1. The summed E-state index contributed by atoms with van der Waals surface area (Å²) in [5.41, 5.74) is 1.35. The molecule has 1 aliphatic heterocycles. The number of benzene rings is 1. The largest absolute Gasteiger partial charge is 0.366 e. The molecule has 6 nitrogen and oxygen atoms in total. The monoisotopic (exact) mass is 380 g/mol. The van der Waals surface area contributed by atoms with Gasteiger partial charge in [-0.1, -0.05) is 13.0 Å². The van der Waals surface area contributed by atoms with Gasteiger partial charge in [-0.3, -0.25) is 0 Å². The van der Waals surface area contributed by atoms with Crippen molar-refractivity contribution in [3.05, 3.63) is 60.2 Å². The number of hydrogen-bond acceptors (Lipinski definition) is 5. The molecule has 0 bridgehead atoms. The Morgan fingerprint density at radius 3 is 2.86 bits per heavy atom. The number of nitrogens with zero attached hydrogens (tertiary/aromatic N) is 5. The Morgan fingerprint density at radius 2 is 2.11 bits per heavy atom. The van der Waals surface area contributed by atoms with Gasteiger partial charge < -0.3 is 14.8 Å². The minimum Gasteiger partial charge on any atom is -0.366 e. The first-order valence-corrected chi connectivity index (χ1v) is 9.70. The molecule has 4 rings (SSSR count). The minimum atomic E-state index is -0.272. The number of hydrogen-bond donors (Lipinski definition) is 1. The van der Waals surface area contributed by atoms with Crippen molar-refractivity contribution in [2.45, 2.75) is 33.2 Å². The number of imidazole rings is 1. The van der Waals surface area contributed by atoms with E-state index in [0.717, 1.165) is 36.1 Å². The number of aromatic nitrogens is 4. The van der Waals surface area contributed by atoms with Gasteiger partial charge in [-0.05, 0) is 43.4 Å². The second kappa shape index (κ2) is 7.96. The van der Waals surface area contributed by atoms with Gasteiger partial charge in [0.15, 0.2) is 0 Å². The molecule has 3 aromatic rings. The Kier molecular flexibility index (Phi) is 5.23. The standard InChI is InChI=1S/C21H25FN6/c1-15-4-3-8-27(13-15)21-11-20(25-14-26-21)24-12-17-5-6-19(18(22)10-17)28-9-7-23-16(28)2/h5-7,9-11,14-15H,3-4,8,12-13H2,1-2H3,(H,24,25,26). The van der Waals surface area contributed by atoms with Crippen LogP contribution < -0.4 is 10.2 Å². The highest BCUT2D eigenvalue weighted by atomic mass is 19.1. The molecule has 1 saturated heterocycles. The molecule has 0 saturated carbocycles. The van der Waals surface area contributed by atoms with Crippen molar-refractivity contribution in [1.82, 2.24) is 19.5 Å². The van der Waals surface area contributed by atoms with E-state index in [1.54, 1.807) is 35.4 Å². The summed E-state index contributed by atoms with van der Waals surface area (Å²) in [7, 11) is 0. The third-order valence-corrected chi connectivity index (χ3v) is 5.20. The van der Waals surface area contributed by atoms with Crippen LogP contribution in [0.5, 0.6) is 0 Å². The summed E-state index contributed by atoms with van der Waals surface area (Å²) in [5.74, 6) is 2.86. The van der Waals surface area contributed by atoms with Crippen molar-refractivity contribution in [2.75, 3.05) is 23.3 Å². The molecule has 1 aromatic carbocycles. The highest BCUT2D eigenvalue weighted by Gasteiger charge is 2.18. The maximum Gasteiger partial charge on any atom is 0.147 e. The van der Waals surface area contributed by atoms with Gasteiger partial charge in [-0.15, -0.1) is 0 Å². The fourth-order valence-electron chi connectivity index (χ4n) is 3.70. The van der Waals surface area contributed by atoms with E-state index >= 15 is 0 Å². The van der Waals surface area contributed by atoms with Gasteiger partial charge in [0.1, 0.15) is 29.6 Å². The first kappa shape index (κ1) is 18.4. The molecule has 146 valence electrons. The van der Waals surface area contributed by atoms with Crippen LogP contribution in [0.4, 0.5) is 16.0 Å². The van der Waals surface area contributed by atoms with E-state index < -0.39 is 0 Å². The number of aryl methyl sites for hydroxylation is 1. The van der Waals surface area contributed by atoms with Crippen molar-refractivity contribution >= 4 is 11.6 Å². The molecule has 1 aliphatic rings. The van der Waals surface area contributed by atoms with Crippen LogP contribution in [0.3, 0.4) is 0 Å². The van der Waals surface area contributed by atoms with Crippen LogP contribution >= 0.6 is 0 Å². The lowest BCUT2D eigenvalue weighted by Crippen LogP contribution is -2.34. The van der Waals surface area contributed by atoms with Crippen molar-refractivity contribution < 1.29 is 4.39 Å². The molecule has 1 fully saturated rings. The van der Waals surface area contributed by atoms with Crippen LogP contribution in [0.1, 0.15) is 31.2 Å². The van der Waals surface area contributed by atoms with Crippen molar-refractivity contribution in [1.29, 1.82) is 0 Å². The van der Waals surface area contributed by atoms with E-state index in [0.29, 0.717) is 18.2 Å². The molecule has 2 aromatic heterocycles. The van der Waals surface area contributed by atoms with Crippen molar-refractivity contribution in [3.8, 4) is 5.69 Å². The van der Waals surface area contributed by atoms with Crippen LogP contribution in [0.25, 0.3) is 5.69 Å². The number of rotatable bonds is 5. The summed E-state index contributed by atoms with van der Waals surface area (Å²) in [6, 6.07) is 7.22. The van der Waals surface area contributed by atoms with Gasteiger partial charge in [0.05, 0.1) is 5.69 Å². The summed E-state index contributed by atoms with van der Waals surface area (Å²) in [6.07, 6.45) is 7.47. The van der Waals surface area contributed by atoms with Gasteiger partial charge in [-0.2, -0.15) is 0 Å². The molecule has 1 unspecified atom stereocenters. The number of piperidine rings is 1. The quantitative estimate of drug-likeness (QED) is 0.726. The molecule has 0 amide bonds. The second-order valence-electron chi connectivity index (χ2n) is 7.44. The lowest BCUT2D eigenvalue weighted by atomic mass is 10.0. The molecule has 28 heavy (non-hydrogen) atoms. The van der Waals surface area contributed by atoms with E-state index in [1.807, 2.05) is 19.1 Å². The van der Waals surface area contributed by atoms with E-state index in [4.69, 9.17) is 0 Å². The van der Waals surface area contributed by atoms with Gasteiger partial charge in [0.2, 0.25) is 0 Å². The second-order valence-corrected chi connectivity index (χ2v) is 7.44. The highest BCUT2D eigenvalue weighted by molar-refractivity contribution is 5.49. The molecule has 1 atom stereocenters. The predicted octanol–water partition coefficient (Wildman–Crippen LogP) is 3.96. The average molecular weight is 380 g/mol. The molecule has 0 radical (unpaired) electrons. The van der Waals surface area contributed by atoms with Crippen LogP contribution in [-0.2, 0) is 6.54 Å².